The third-order valence-corrected chi connectivity index (χ3v) is 3.44. The van der Waals surface area contributed by atoms with Gasteiger partial charge in [0.15, 0.2) is 5.69 Å². The van der Waals surface area contributed by atoms with Crippen molar-refractivity contribution < 1.29 is 4.79 Å². The highest BCUT2D eigenvalue weighted by Crippen LogP contribution is 2.20. The maximum Gasteiger partial charge on any atom is 0.275 e. The zero-order valence-corrected chi connectivity index (χ0v) is 11.9. The quantitative estimate of drug-likeness (QED) is 0.706. The first-order valence-electron chi connectivity index (χ1n) is 6.51. The summed E-state index contributed by atoms with van der Waals surface area (Å²) in [6.07, 6.45) is 3.55. The normalized spacial score (nSPS) is 11.0. The van der Waals surface area contributed by atoms with Gasteiger partial charge in [0.1, 0.15) is 5.82 Å². The summed E-state index contributed by atoms with van der Waals surface area (Å²) in [5.74, 6) is 0.639. The monoisotopic (exact) mass is 284 g/mol. The number of anilines is 1. The number of carbonyl (C=O) groups excluding carboxylic acids is 1. The van der Waals surface area contributed by atoms with Crippen molar-refractivity contribution in [1.29, 1.82) is 0 Å². The summed E-state index contributed by atoms with van der Waals surface area (Å²) in [7, 11) is 3.62. The second-order valence-corrected chi connectivity index (χ2v) is 4.99. The summed E-state index contributed by atoms with van der Waals surface area (Å²) in [5, 5.41) is 7.69. The third kappa shape index (κ3) is 2.33. The number of fused-ring (bicyclic) bond motifs is 1. The van der Waals surface area contributed by atoms with Crippen LogP contribution in [0, 0.1) is 0 Å². The average Bonchev–Trinajstić information content (AvgIpc) is 3.04. The first kappa shape index (κ1) is 13.2. The summed E-state index contributed by atoms with van der Waals surface area (Å²) in [6.45, 7) is 0.416. The topological polar surface area (TPSA) is 92.8 Å². The fourth-order valence-corrected chi connectivity index (χ4v) is 2.21. The molecule has 0 saturated carbocycles. The number of nitrogens with two attached hydrogens (primary N) is 1. The Kier molecular flexibility index (Phi) is 3.09. The van der Waals surface area contributed by atoms with Gasteiger partial charge in [0.05, 0.1) is 12.1 Å². The van der Waals surface area contributed by atoms with Gasteiger partial charge in [-0.2, -0.15) is 5.10 Å². The van der Waals surface area contributed by atoms with Crippen molar-refractivity contribution in [3.8, 4) is 0 Å². The van der Waals surface area contributed by atoms with Crippen molar-refractivity contribution in [2.75, 3.05) is 12.8 Å². The van der Waals surface area contributed by atoms with E-state index in [0.29, 0.717) is 17.9 Å². The summed E-state index contributed by atoms with van der Waals surface area (Å²) < 4.78 is 1.88. The maximum absolute atomic E-state index is 12.5. The average molecular weight is 284 g/mol. The second-order valence-electron chi connectivity index (χ2n) is 4.99. The van der Waals surface area contributed by atoms with Gasteiger partial charge in [0, 0.05) is 37.6 Å². The minimum absolute atomic E-state index is 0.171. The van der Waals surface area contributed by atoms with E-state index in [9.17, 15) is 4.79 Å². The number of aromatic amines is 1. The molecule has 108 valence electrons. The van der Waals surface area contributed by atoms with Crippen molar-refractivity contribution in [2.45, 2.75) is 6.54 Å². The van der Waals surface area contributed by atoms with Crippen LogP contribution in [0.25, 0.3) is 10.9 Å². The zero-order valence-electron chi connectivity index (χ0n) is 11.9. The number of nitrogens with zero attached hydrogens (tertiary/aromatic N) is 4. The molecule has 0 spiro atoms. The zero-order chi connectivity index (χ0) is 15.0. The number of amides is 1. The third-order valence-electron chi connectivity index (χ3n) is 3.44. The number of rotatable bonds is 3. The first-order valence-corrected chi connectivity index (χ1v) is 6.51. The number of imidazole rings is 1. The lowest BCUT2D eigenvalue weighted by Crippen LogP contribution is -2.28. The lowest BCUT2D eigenvalue weighted by molar-refractivity contribution is 0.0776. The van der Waals surface area contributed by atoms with Crippen molar-refractivity contribution in [3.63, 3.8) is 0 Å². The highest BCUT2D eigenvalue weighted by molar-refractivity contribution is 6.05. The molecule has 0 saturated heterocycles. The van der Waals surface area contributed by atoms with Crippen molar-refractivity contribution in [1.82, 2.24) is 24.6 Å². The molecule has 0 atom stereocenters. The van der Waals surface area contributed by atoms with Gasteiger partial charge >= 0.3 is 0 Å². The Morgan fingerprint density at radius 1 is 1.48 bits per heavy atom. The van der Waals surface area contributed by atoms with Crippen LogP contribution in [0.4, 0.5) is 5.69 Å². The number of carbonyl (C=O) groups is 1. The molecular formula is C14H16N6O. The largest absolute Gasteiger partial charge is 0.399 e. The highest BCUT2D eigenvalue weighted by atomic mass is 16.2. The maximum atomic E-state index is 12.5. The lowest BCUT2D eigenvalue weighted by Gasteiger charge is -2.15. The first-order chi connectivity index (χ1) is 10.1. The summed E-state index contributed by atoms with van der Waals surface area (Å²) in [4.78, 5) is 18.3. The van der Waals surface area contributed by atoms with Gasteiger partial charge in [-0.25, -0.2) is 4.98 Å². The second kappa shape index (κ2) is 4.93. The summed E-state index contributed by atoms with van der Waals surface area (Å²) >= 11 is 0. The number of hydrogen-bond acceptors (Lipinski definition) is 4. The molecule has 3 aromatic rings. The Morgan fingerprint density at radius 2 is 2.29 bits per heavy atom. The molecule has 7 nitrogen and oxygen atoms in total. The molecule has 7 heteroatoms. The molecule has 0 fully saturated rings. The molecule has 21 heavy (non-hydrogen) atoms. The Balaban J connectivity index is 1.89. The SMILES string of the molecule is CN(Cc1nccn1C)C(=O)c1n[nH]c2ccc(N)cc12. The standard InChI is InChI=1S/C14H16N6O/c1-19-6-5-16-12(19)8-20(2)14(21)13-10-7-9(15)3-4-11(10)17-18-13/h3-7H,8,15H2,1-2H3,(H,17,18). The van der Waals surface area contributed by atoms with Gasteiger partial charge in [0.25, 0.3) is 5.91 Å². The number of H-pyrrole nitrogens is 1. The molecule has 0 aliphatic rings. The van der Waals surface area contributed by atoms with E-state index in [-0.39, 0.29) is 5.91 Å². The van der Waals surface area contributed by atoms with Crippen molar-refractivity contribution >= 4 is 22.5 Å². The molecule has 0 unspecified atom stereocenters. The van der Waals surface area contributed by atoms with Crippen LogP contribution < -0.4 is 5.73 Å². The number of aromatic nitrogens is 4. The molecule has 0 radical (unpaired) electrons. The van der Waals surface area contributed by atoms with Gasteiger partial charge in [0.2, 0.25) is 0 Å². The van der Waals surface area contributed by atoms with E-state index in [1.165, 1.54) is 0 Å². The molecule has 2 aromatic heterocycles. The minimum Gasteiger partial charge on any atom is -0.399 e. The van der Waals surface area contributed by atoms with E-state index >= 15 is 0 Å². The number of aryl methyl sites for hydroxylation is 1. The van der Waals surface area contributed by atoms with E-state index in [4.69, 9.17) is 5.73 Å². The van der Waals surface area contributed by atoms with Crippen LogP contribution in [-0.2, 0) is 13.6 Å². The van der Waals surface area contributed by atoms with E-state index in [1.54, 1.807) is 30.3 Å². The van der Waals surface area contributed by atoms with E-state index < -0.39 is 0 Å². The number of hydrogen-bond donors (Lipinski definition) is 2. The van der Waals surface area contributed by atoms with Crippen molar-refractivity contribution in [3.05, 3.63) is 42.1 Å². The number of nitrogens with one attached hydrogen (secondary N) is 1. The molecule has 1 aromatic carbocycles. The van der Waals surface area contributed by atoms with Crippen LogP contribution in [0.15, 0.2) is 30.6 Å². The molecule has 0 aliphatic carbocycles. The smallest absolute Gasteiger partial charge is 0.275 e. The van der Waals surface area contributed by atoms with Crippen LogP contribution in [0.5, 0.6) is 0 Å². The predicted molar refractivity (Wildman–Crippen MR) is 79.5 cm³/mol. The minimum atomic E-state index is -0.171. The molecule has 3 N–H and O–H groups in total. The van der Waals surface area contributed by atoms with E-state index in [1.807, 2.05) is 23.9 Å². The van der Waals surface area contributed by atoms with Crippen LogP contribution in [0.2, 0.25) is 0 Å². The van der Waals surface area contributed by atoms with Gasteiger partial charge in [-0.15, -0.1) is 0 Å². The Morgan fingerprint density at radius 3 is 3.00 bits per heavy atom. The Labute approximate surface area is 121 Å². The molecule has 0 aliphatic heterocycles. The van der Waals surface area contributed by atoms with E-state index in [0.717, 1.165) is 16.7 Å². The van der Waals surface area contributed by atoms with Gasteiger partial charge in [-0.05, 0) is 18.2 Å². The van der Waals surface area contributed by atoms with Crippen molar-refractivity contribution in [2.24, 2.45) is 7.05 Å². The predicted octanol–water partition coefficient (Wildman–Crippen LogP) is 1.15. The molecule has 3 rings (SSSR count). The van der Waals surface area contributed by atoms with Gasteiger partial charge in [-0.3, -0.25) is 9.89 Å². The Bertz CT molecular complexity index is 803. The Hall–Kier alpha value is -2.83. The van der Waals surface area contributed by atoms with Gasteiger partial charge < -0.3 is 15.2 Å². The molecule has 1 amide bonds. The molecular weight excluding hydrogens is 268 g/mol. The fraction of sp³-hybridized carbons (Fsp3) is 0.214. The molecule has 0 bridgehead atoms. The fourth-order valence-electron chi connectivity index (χ4n) is 2.21. The number of nitrogen functional groups attached to an aromatic ring is 1. The lowest BCUT2D eigenvalue weighted by atomic mass is 10.2. The van der Waals surface area contributed by atoms with Crippen LogP contribution in [-0.4, -0.2) is 37.6 Å². The van der Waals surface area contributed by atoms with Crippen LogP contribution >= 0.6 is 0 Å². The van der Waals surface area contributed by atoms with Gasteiger partial charge in [-0.1, -0.05) is 0 Å². The molecule has 2 heterocycles. The summed E-state index contributed by atoms with van der Waals surface area (Å²) in [5.41, 5.74) is 7.54. The number of benzene rings is 1. The van der Waals surface area contributed by atoms with Crippen LogP contribution in [0.3, 0.4) is 0 Å². The van der Waals surface area contributed by atoms with E-state index in [2.05, 4.69) is 15.2 Å². The van der Waals surface area contributed by atoms with Crippen LogP contribution in [0.1, 0.15) is 16.3 Å². The highest BCUT2D eigenvalue weighted by Gasteiger charge is 2.19. The summed E-state index contributed by atoms with van der Waals surface area (Å²) in [6, 6.07) is 5.33.